The van der Waals surface area contributed by atoms with Crippen LogP contribution in [0.2, 0.25) is 0 Å². The second kappa shape index (κ2) is 11.7. The van der Waals surface area contributed by atoms with Crippen LogP contribution in [0.3, 0.4) is 0 Å². The van der Waals surface area contributed by atoms with Crippen LogP contribution >= 0.6 is 0 Å². The normalized spacial score (nSPS) is 52.5. The first-order chi connectivity index (χ1) is 16.0. The molecule has 9 N–H and O–H groups in total. The molecule has 0 spiro atoms. The van der Waals surface area contributed by atoms with Crippen LogP contribution in [0.4, 0.5) is 0 Å². The van der Waals surface area contributed by atoms with Gasteiger partial charge in [-0.1, -0.05) is 6.92 Å². The van der Waals surface area contributed by atoms with E-state index in [1.54, 1.807) is 13.8 Å². The van der Waals surface area contributed by atoms with Crippen LogP contribution in [-0.4, -0.2) is 152 Å². The van der Waals surface area contributed by atoms with E-state index < -0.39 is 112 Å². The molecule has 0 aromatic carbocycles. The van der Waals surface area contributed by atoms with Crippen LogP contribution in [0.15, 0.2) is 0 Å². The molecule has 0 aromatic rings. The van der Waals surface area contributed by atoms with Crippen molar-refractivity contribution in [1.82, 2.24) is 0 Å². The zero-order valence-corrected chi connectivity index (χ0v) is 18.8. The maximum atomic E-state index is 10.9. The highest BCUT2D eigenvalue weighted by Gasteiger charge is 2.52. The van der Waals surface area contributed by atoms with Gasteiger partial charge in [0.05, 0.1) is 32.0 Å². The van der Waals surface area contributed by atoms with Gasteiger partial charge in [0.15, 0.2) is 12.6 Å². The topological polar surface area (TPSA) is 228 Å². The van der Waals surface area contributed by atoms with Crippen LogP contribution in [0.5, 0.6) is 0 Å². The minimum atomic E-state index is -1.72. The summed E-state index contributed by atoms with van der Waals surface area (Å²) in [5.74, 6) is -0.815. The zero-order chi connectivity index (χ0) is 25.3. The van der Waals surface area contributed by atoms with Gasteiger partial charge in [-0.2, -0.15) is 0 Å². The molecule has 14 heteroatoms. The van der Waals surface area contributed by atoms with Crippen molar-refractivity contribution in [3.05, 3.63) is 0 Å². The Morgan fingerprint density at radius 3 is 1.62 bits per heavy atom. The van der Waals surface area contributed by atoms with Crippen molar-refractivity contribution >= 4 is 0 Å². The Kier molecular flexibility index (Phi) is 9.61. The Morgan fingerprint density at radius 2 is 1.03 bits per heavy atom. The first kappa shape index (κ1) is 28.0. The summed E-state index contributed by atoms with van der Waals surface area (Å²) in [7, 11) is 0. The molecule has 0 bridgehead atoms. The molecule has 3 aliphatic rings. The molecular weight excluding hydrogens is 464 g/mol. The van der Waals surface area contributed by atoms with Gasteiger partial charge in [-0.3, -0.25) is 0 Å². The SMILES string of the molecule is CC1C(O)[C@H](OC2OC(CO)[C@H](O)[C@H](O)[C@@H]2O)[C@H](CO)O[C@H]1O[C@@H]1C(O)[C@H](O)C(CO)O[C@@H]1C. The second-order valence-corrected chi connectivity index (χ2v) is 9.02. The molecule has 3 saturated heterocycles. The lowest BCUT2D eigenvalue weighted by molar-refractivity contribution is -0.364. The Morgan fingerprint density at radius 1 is 0.529 bits per heavy atom. The van der Waals surface area contributed by atoms with Crippen LogP contribution in [0, 0.1) is 5.92 Å². The molecule has 3 fully saturated rings. The Bertz CT molecular complexity index is 636. The minimum Gasteiger partial charge on any atom is -0.394 e. The van der Waals surface area contributed by atoms with E-state index in [1.165, 1.54) is 0 Å². The van der Waals surface area contributed by atoms with E-state index in [9.17, 15) is 46.0 Å². The van der Waals surface area contributed by atoms with Gasteiger partial charge in [0, 0.05) is 5.92 Å². The molecule has 0 aliphatic carbocycles. The molecule has 6 unspecified atom stereocenters. The number of hydrogen-bond acceptors (Lipinski definition) is 14. The van der Waals surface area contributed by atoms with E-state index in [-0.39, 0.29) is 0 Å². The summed E-state index contributed by atoms with van der Waals surface area (Å²) >= 11 is 0. The number of hydrogen-bond donors (Lipinski definition) is 9. The molecule has 200 valence electrons. The van der Waals surface area contributed by atoms with Gasteiger partial charge in [-0.15, -0.1) is 0 Å². The molecule has 15 atom stereocenters. The first-order valence-electron chi connectivity index (χ1n) is 11.2. The van der Waals surface area contributed by atoms with E-state index in [0.717, 1.165) is 0 Å². The fraction of sp³-hybridized carbons (Fsp3) is 1.00. The number of rotatable bonds is 7. The van der Waals surface area contributed by atoms with Gasteiger partial charge < -0.3 is 69.6 Å². The molecule has 0 saturated carbocycles. The van der Waals surface area contributed by atoms with E-state index in [4.69, 9.17) is 23.7 Å². The summed E-state index contributed by atoms with van der Waals surface area (Å²) < 4.78 is 28.0. The largest absolute Gasteiger partial charge is 0.394 e. The first-order valence-corrected chi connectivity index (χ1v) is 11.2. The number of aliphatic hydroxyl groups excluding tert-OH is 9. The standard InChI is InChI=1S/C20H36O14/c1-6-11(24)18(34-20-16(29)14(27)12(25)9(4-22)31-20)10(5-23)32-19(6)33-17-7(2)30-8(3-21)13(26)15(17)28/h6-29H,3-5H2,1-2H3/t6?,7-,8?,9?,10+,11?,12+,13-,14+,15?,16+,17+,18-,19+,20?/m1/s1. The summed E-state index contributed by atoms with van der Waals surface area (Å²) in [6.07, 6.45) is -18.5. The maximum absolute atomic E-state index is 10.9. The minimum absolute atomic E-state index is 0.506. The van der Waals surface area contributed by atoms with Crippen LogP contribution in [-0.2, 0) is 23.7 Å². The lowest BCUT2D eigenvalue weighted by atomic mass is 9.91. The van der Waals surface area contributed by atoms with E-state index in [0.29, 0.717) is 0 Å². The lowest BCUT2D eigenvalue weighted by Gasteiger charge is -2.48. The molecule has 3 heterocycles. The average Bonchev–Trinajstić information content (AvgIpc) is 2.83. The fourth-order valence-electron chi connectivity index (χ4n) is 4.48. The summed E-state index contributed by atoms with van der Waals surface area (Å²) in [5, 5.41) is 90.0. The van der Waals surface area contributed by atoms with Gasteiger partial charge in [0.25, 0.3) is 0 Å². The maximum Gasteiger partial charge on any atom is 0.187 e. The van der Waals surface area contributed by atoms with Crippen LogP contribution in [0.1, 0.15) is 13.8 Å². The summed E-state index contributed by atoms with van der Waals surface area (Å²) in [6, 6.07) is 0. The number of aliphatic hydroxyl groups is 9. The van der Waals surface area contributed by atoms with Gasteiger partial charge in [-0.25, -0.2) is 0 Å². The molecule has 14 nitrogen and oxygen atoms in total. The predicted octanol–water partition coefficient (Wildman–Crippen LogP) is -5.23. The molecule has 0 amide bonds. The molecule has 3 rings (SSSR count). The highest BCUT2D eigenvalue weighted by atomic mass is 16.7. The highest BCUT2D eigenvalue weighted by Crippen LogP contribution is 2.34. The van der Waals surface area contributed by atoms with E-state index in [1.807, 2.05) is 0 Å². The third-order valence-corrected chi connectivity index (χ3v) is 6.69. The zero-order valence-electron chi connectivity index (χ0n) is 18.8. The molecule has 34 heavy (non-hydrogen) atoms. The Balaban J connectivity index is 1.70. The van der Waals surface area contributed by atoms with Gasteiger partial charge in [0.2, 0.25) is 0 Å². The molecular formula is C20H36O14. The highest BCUT2D eigenvalue weighted by molar-refractivity contribution is 4.95. The third-order valence-electron chi connectivity index (χ3n) is 6.69. The predicted molar refractivity (Wildman–Crippen MR) is 108 cm³/mol. The Labute approximate surface area is 195 Å². The van der Waals surface area contributed by atoms with Crippen molar-refractivity contribution in [2.45, 2.75) is 99.7 Å². The summed E-state index contributed by atoms with van der Waals surface area (Å²) in [6.45, 7) is 1.28. The van der Waals surface area contributed by atoms with E-state index in [2.05, 4.69) is 0 Å². The number of ether oxygens (including phenoxy) is 5. The van der Waals surface area contributed by atoms with Gasteiger partial charge >= 0.3 is 0 Å². The average molecular weight is 500 g/mol. The molecule has 3 aliphatic heterocycles. The molecule has 0 aromatic heterocycles. The van der Waals surface area contributed by atoms with Crippen molar-refractivity contribution < 1.29 is 69.6 Å². The van der Waals surface area contributed by atoms with Crippen LogP contribution < -0.4 is 0 Å². The van der Waals surface area contributed by atoms with Crippen molar-refractivity contribution in [2.75, 3.05) is 19.8 Å². The van der Waals surface area contributed by atoms with Gasteiger partial charge in [0.1, 0.15) is 61.0 Å². The monoisotopic (exact) mass is 500 g/mol. The Hall–Kier alpha value is -0.560. The van der Waals surface area contributed by atoms with Gasteiger partial charge in [-0.05, 0) is 6.92 Å². The quantitative estimate of drug-likeness (QED) is 0.159. The van der Waals surface area contributed by atoms with Crippen LogP contribution in [0.25, 0.3) is 0 Å². The summed E-state index contributed by atoms with van der Waals surface area (Å²) in [4.78, 5) is 0. The third kappa shape index (κ3) is 5.40. The van der Waals surface area contributed by atoms with Crippen molar-refractivity contribution in [2.24, 2.45) is 5.92 Å². The lowest BCUT2D eigenvalue weighted by Crippen LogP contribution is -2.64. The van der Waals surface area contributed by atoms with E-state index >= 15 is 0 Å². The second-order valence-electron chi connectivity index (χ2n) is 9.02. The van der Waals surface area contributed by atoms with Crippen molar-refractivity contribution in [3.63, 3.8) is 0 Å². The summed E-state index contributed by atoms with van der Waals surface area (Å²) in [5.41, 5.74) is 0. The smallest absolute Gasteiger partial charge is 0.187 e. The molecule has 0 radical (unpaired) electrons. The van der Waals surface area contributed by atoms with Crippen molar-refractivity contribution in [3.8, 4) is 0 Å². The van der Waals surface area contributed by atoms with Crippen molar-refractivity contribution in [1.29, 1.82) is 0 Å². The fourth-order valence-corrected chi connectivity index (χ4v) is 4.48.